The van der Waals surface area contributed by atoms with Gasteiger partial charge in [0.05, 0.1) is 5.52 Å². The number of rotatable bonds is 3. The number of piperidine rings is 1. The van der Waals surface area contributed by atoms with Crippen LogP contribution in [-0.2, 0) is 6.42 Å². The van der Waals surface area contributed by atoms with Gasteiger partial charge in [0, 0.05) is 39.7 Å². The summed E-state index contributed by atoms with van der Waals surface area (Å²) >= 11 is 2.42. The summed E-state index contributed by atoms with van der Waals surface area (Å²) in [5, 5.41) is 1.38. The summed E-state index contributed by atoms with van der Waals surface area (Å²) in [5.74, 6) is 0.599. The Bertz CT molecular complexity index is 886. The molecule has 2 heterocycles. The predicted molar refractivity (Wildman–Crippen MR) is 119 cm³/mol. The Balaban J connectivity index is 1.85. The number of fused-ring (bicyclic) bond motifs is 2. The Morgan fingerprint density at radius 1 is 1.33 bits per heavy atom. The van der Waals surface area contributed by atoms with Crippen LogP contribution >= 0.6 is 22.6 Å². The first-order chi connectivity index (χ1) is 13.0. The molecule has 0 bridgehead atoms. The summed E-state index contributed by atoms with van der Waals surface area (Å²) in [5.41, 5.74) is 8.38. The molecule has 1 N–H and O–H groups in total. The lowest BCUT2D eigenvalue weighted by atomic mass is 9.75. The Labute approximate surface area is 175 Å². The quantitative estimate of drug-likeness (QED) is 0.666. The molecule has 2 atom stereocenters. The van der Waals surface area contributed by atoms with E-state index in [-0.39, 0.29) is 6.03 Å². The van der Waals surface area contributed by atoms with Crippen LogP contribution in [0.5, 0.6) is 0 Å². The number of urea groups is 1. The van der Waals surface area contributed by atoms with Gasteiger partial charge < -0.3 is 9.80 Å². The van der Waals surface area contributed by atoms with Crippen LogP contribution in [0.25, 0.3) is 10.9 Å². The highest BCUT2D eigenvalue weighted by Gasteiger charge is 2.38. The highest BCUT2D eigenvalue weighted by molar-refractivity contribution is 14.1. The number of aromatic nitrogens is 1. The second kappa shape index (κ2) is 7.28. The second-order valence-corrected chi connectivity index (χ2v) is 9.12. The van der Waals surface area contributed by atoms with Gasteiger partial charge in [-0.15, -0.1) is 0 Å². The highest BCUT2D eigenvalue weighted by atomic mass is 127. The lowest BCUT2D eigenvalue weighted by molar-refractivity contribution is 0.157. The number of likely N-dealkylation sites (N-methyl/N-ethyl adjacent to an activating group) is 1. The molecule has 0 saturated carbocycles. The maximum atomic E-state index is 12.7. The third-order valence-electron chi connectivity index (χ3n) is 6.56. The molecular formula is C21H29IN4O. The molecular weight excluding hydrogens is 451 g/mol. The molecule has 0 spiro atoms. The normalized spacial score (nSPS) is 22.0. The van der Waals surface area contributed by atoms with Gasteiger partial charge in [-0.05, 0) is 99.5 Å². The zero-order valence-electron chi connectivity index (χ0n) is 16.7. The van der Waals surface area contributed by atoms with E-state index in [4.69, 9.17) is 0 Å². The van der Waals surface area contributed by atoms with Crippen molar-refractivity contribution in [1.82, 2.24) is 14.5 Å². The fraction of sp³-hybridized carbons (Fsp3) is 0.571. The average Bonchev–Trinajstić information content (AvgIpc) is 2.90. The van der Waals surface area contributed by atoms with E-state index in [0.29, 0.717) is 25.0 Å². The lowest BCUT2D eigenvalue weighted by Crippen LogP contribution is -2.44. The molecule has 1 aliphatic carbocycles. The van der Waals surface area contributed by atoms with Crippen molar-refractivity contribution in [3.8, 4) is 0 Å². The van der Waals surface area contributed by atoms with Crippen LogP contribution in [0.15, 0.2) is 12.1 Å². The minimum Gasteiger partial charge on any atom is -0.324 e. The molecule has 2 amide bonds. The molecule has 1 aliphatic heterocycles. The topological polar surface area (TPSA) is 40.5 Å². The molecule has 1 aromatic carbocycles. The van der Waals surface area contributed by atoms with Crippen LogP contribution in [0.2, 0.25) is 0 Å². The first-order valence-corrected chi connectivity index (χ1v) is 11.1. The maximum Gasteiger partial charge on any atom is 0.336 e. The first-order valence-electron chi connectivity index (χ1n) is 10.1. The lowest BCUT2D eigenvalue weighted by Gasteiger charge is -2.42. The number of carbonyl (C=O) groups excluding carboxylic acids is 1. The van der Waals surface area contributed by atoms with Crippen molar-refractivity contribution in [2.24, 2.45) is 0 Å². The monoisotopic (exact) mass is 480 g/mol. The van der Waals surface area contributed by atoms with Gasteiger partial charge in [0.2, 0.25) is 0 Å². The number of hydrogen-bond acceptors (Lipinski definition) is 2. The van der Waals surface area contributed by atoms with Gasteiger partial charge in [0.15, 0.2) is 0 Å². The zero-order chi connectivity index (χ0) is 19.3. The number of likely N-dealkylation sites (tertiary alicyclic amines) is 1. The Kier molecular flexibility index (Phi) is 5.14. The van der Waals surface area contributed by atoms with E-state index >= 15 is 0 Å². The van der Waals surface area contributed by atoms with Crippen LogP contribution in [0, 0.1) is 10.5 Å². The average molecular weight is 480 g/mol. The summed E-state index contributed by atoms with van der Waals surface area (Å²) in [6.45, 7) is 8.80. The summed E-state index contributed by atoms with van der Waals surface area (Å²) in [7, 11) is 2.27. The Morgan fingerprint density at radius 3 is 2.78 bits per heavy atom. The van der Waals surface area contributed by atoms with E-state index in [0.717, 1.165) is 11.9 Å². The number of hydrogen-bond donors (Lipinski definition) is 1. The Morgan fingerprint density at radius 2 is 2.07 bits per heavy atom. The molecule has 146 valence electrons. The molecule has 27 heavy (non-hydrogen) atoms. The van der Waals surface area contributed by atoms with Crippen LogP contribution in [-0.4, -0.2) is 53.2 Å². The number of benzene rings is 1. The van der Waals surface area contributed by atoms with E-state index in [2.05, 4.69) is 59.0 Å². The SMILES string of the molecule is CCN(CC)C(=O)Nn1c(C)c2c3c(cc(I)cc31)[C@H]1CCCN(C)[C@@H]1C2. The third kappa shape index (κ3) is 3.05. The largest absolute Gasteiger partial charge is 0.336 e. The highest BCUT2D eigenvalue weighted by Crippen LogP contribution is 2.45. The van der Waals surface area contributed by atoms with Gasteiger partial charge in [-0.25, -0.2) is 10.2 Å². The second-order valence-electron chi connectivity index (χ2n) is 7.88. The smallest absolute Gasteiger partial charge is 0.324 e. The number of halogens is 1. The molecule has 2 aliphatic rings. The van der Waals surface area contributed by atoms with Gasteiger partial charge in [-0.2, -0.15) is 0 Å². The van der Waals surface area contributed by atoms with Crippen LogP contribution in [0.4, 0.5) is 4.79 Å². The van der Waals surface area contributed by atoms with Crippen molar-refractivity contribution in [3.05, 3.63) is 32.5 Å². The number of carbonyl (C=O) groups is 1. The van der Waals surface area contributed by atoms with Crippen molar-refractivity contribution in [2.75, 3.05) is 32.1 Å². The van der Waals surface area contributed by atoms with Gasteiger partial charge >= 0.3 is 6.03 Å². The predicted octanol–water partition coefficient (Wildman–Crippen LogP) is 4.29. The van der Waals surface area contributed by atoms with Crippen LogP contribution in [0.3, 0.4) is 0 Å². The number of nitrogens with one attached hydrogen (secondary N) is 1. The first kappa shape index (κ1) is 19.1. The van der Waals surface area contributed by atoms with E-state index in [1.54, 1.807) is 0 Å². The van der Waals surface area contributed by atoms with Crippen LogP contribution in [0.1, 0.15) is 49.4 Å². The molecule has 0 radical (unpaired) electrons. The van der Waals surface area contributed by atoms with E-state index < -0.39 is 0 Å². The fourth-order valence-electron chi connectivity index (χ4n) is 5.07. The standard InChI is InChI=1S/C21H29IN4O/c1-5-25(6-2)21(27)23-26-13(3)16-12-18-15(8-7-9-24(18)4)17-10-14(22)11-19(26)20(16)17/h10-11,15,18H,5-9,12H2,1-4H3,(H,23,27)/t15-,18-/m1/s1. The van der Waals surface area contributed by atoms with Gasteiger partial charge in [0.1, 0.15) is 0 Å². The Hall–Kier alpha value is -1.28. The molecule has 1 aromatic heterocycles. The minimum atomic E-state index is -0.0271. The molecule has 4 rings (SSSR count). The zero-order valence-corrected chi connectivity index (χ0v) is 18.8. The van der Waals surface area contributed by atoms with Crippen molar-refractivity contribution in [2.45, 2.75) is 52.0 Å². The van der Waals surface area contributed by atoms with Crippen molar-refractivity contribution >= 4 is 39.5 Å². The molecule has 2 aromatic rings. The number of nitrogens with zero attached hydrogens (tertiary/aromatic N) is 3. The van der Waals surface area contributed by atoms with Crippen molar-refractivity contribution in [1.29, 1.82) is 0 Å². The molecule has 1 fully saturated rings. The summed E-state index contributed by atoms with van der Waals surface area (Å²) in [6.07, 6.45) is 3.60. The van der Waals surface area contributed by atoms with E-state index in [1.807, 2.05) is 23.4 Å². The number of amides is 2. The molecule has 1 saturated heterocycles. The third-order valence-corrected chi connectivity index (χ3v) is 7.18. The maximum absolute atomic E-state index is 12.7. The molecule has 6 heteroatoms. The van der Waals surface area contributed by atoms with E-state index in [9.17, 15) is 4.79 Å². The summed E-state index contributed by atoms with van der Waals surface area (Å²) in [6, 6.07) is 5.13. The van der Waals surface area contributed by atoms with Crippen LogP contribution < -0.4 is 5.43 Å². The summed E-state index contributed by atoms with van der Waals surface area (Å²) in [4.78, 5) is 17.1. The van der Waals surface area contributed by atoms with Gasteiger partial charge in [0.25, 0.3) is 0 Å². The molecule has 5 nitrogen and oxygen atoms in total. The molecule has 0 unspecified atom stereocenters. The van der Waals surface area contributed by atoms with Crippen molar-refractivity contribution in [3.63, 3.8) is 0 Å². The van der Waals surface area contributed by atoms with Gasteiger partial charge in [-0.1, -0.05) is 0 Å². The minimum absolute atomic E-state index is 0.0271. The fourth-order valence-corrected chi connectivity index (χ4v) is 5.70. The summed E-state index contributed by atoms with van der Waals surface area (Å²) < 4.78 is 3.28. The van der Waals surface area contributed by atoms with Gasteiger partial charge in [-0.3, -0.25) is 4.68 Å². The van der Waals surface area contributed by atoms with E-state index in [1.165, 1.54) is 45.2 Å². The van der Waals surface area contributed by atoms with Crippen molar-refractivity contribution < 1.29 is 4.79 Å².